The van der Waals surface area contributed by atoms with Crippen LogP contribution in [0.25, 0.3) is 16.7 Å². The minimum absolute atomic E-state index is 0.551. The second-order valence-corrected chi connectivity index (χ2v) is 5.01. The Morgan fingerprint density at radius 1 is 1.35 bits per heavy atom. The summed E-state index contributed by atoms with van der Waals surface area (Å²) < 4.78 is 1.87. The third-order valence-electron chi connectivity index (χ3n) is 3.73. The zero-order valence-electron chi connectivity index (χ0n) is 13.2. The van der Waals surface area contributed by atoms with E-state index in [1.165, 1.54) is 0 Å². The van der Waals surface area contributed by atoms with Crippen LogP contribution < -0.4 is 10.2 Å². The molecule has 2 aromatic heterocycles. The van der Waals surface area contributed by atoms with Gasteiger partial charge in [-0.1, -0.05) is 19.2 Å². The van der Waals surface area contributed by atoms with Crippen molar-refractivity contribution in [3.63, 3.8) is 0 Å². The van der Waals surface area contributed by atoms with Crippen molar-refractivity contribution in [2.75, 3.05) is 24.3 Å². The van der Waals surface area contributed by atoms with Gasteiger partial charge in [-0.25, -0.2) is 0 Å². The smallest absolute Gasteiger partial charge is 0.257 e. The zero-order chi connectivity index (χ0) is 16.4. The van der Waals surface area contributed by atoms with Crippen LogP contribution in [0.1, 0.15) is 0 Å². The minimum Gasteiger partial charge on any atom is -0.388 e. The number of allylic oxidation sites excluding steroid dienone is 3. The molecular formula is C17H18N6. The van der Waals surface area contributed by atoms with E-state index >= 15 is 0 Å². The third-order valence-corrected chi connectivity index (χ3v) is 3.73. The first-order valence-electron chi connectivity index (χ1n) is 7.19. The van der Waals surface area contributed by atoms with E-state index in [1.807, 2.05) is 41.6 Å². The lowest BCUT2D eigenvalue weighted by Gasteiger charge is -2.21. The van der Waals surface area contributed by atoms with E-state index in [-0.39, 0.29) is 0 Å². The van der Waals surface area contributed by atoms with Crippen molar-refractivity contribution < 1.29 is 0 Å². The molecule has 0 aliphatic heterocycles. The largest absolute Gasteiger partial charge is 0.388 e. The molecule has 0 radical (unpaired) electrons. The number of benzene rings is 1. The maximum atomic E-state index is 4.64. The summed E-state index contributed by atoms with van der Waals surface area (Å²) in [5.41, 5.74) is 2.89. The highest BCUT2D eigenvalue weighted by atomic mass is 15.3. The van der Waals surface area contributed by atoms with Gasteiger partial charge in [0.05, 0.1) is 5.52 Å². The summed E-state index contributed by atoms with van der Waals surface area (Å²) in [6.45, 7) is 7.60. The number of likely N-dealkylation sites (N-methyl/N-ethyl adjacent to an activating group) is 1. The summed E-state index contributed by atoms with van der Waals surface area (Å²) in [5, 5.41) is 12.2. The number of hydrogen-bond donors (Lipinski definition) is 1. The summed E-state index contributed by atoms with van der Waals surface area (Å²) in [7, 11) is 3.83. The molecule has 0 spiro atoms. The molecular weight excluding hydrogens is 288 g/mol. The fourth-order valence-electron chi connectivity index (χ4n) is 2.52. The lowest BCUT2D eigenvalue weighted by atomic mass is 10.2. The fraction of sp³-hybridized carbons (Fsp3) is 0.118. The van der Waals surface area contributed by atoms with Crippen molar-refractivity contribution in [1.29, 1.82) is 0 Å². The van der Waals surface area contributed by atoms with Crippen molar-refractivity contribution in [3.8, 4) is 0 Å². The molecule has 0 bridgehead atoms. The molecule has 6 nitrogen and oxygen atoms in total. The quantitative estimate of drug-likeness (QED) is 0.734. The molecule has 0 atom stereocenters. The van der Waals surface area contributed by atoms with Gasteiger partial charge in [0.2, 0.25) is 0 Å². The first-order valence-corrected chi connectivity index (χ1v) is 7.19. The van der Waals surface area contributed by atoms with Gasteiger partial charge in [-0.2, -0.15) is 4.98 Å². The Labute approximate surface area is 134 Å². The SMILES string of the molecule is C=C/C=C(\C=C)N(C)c1nc2nncn2c2cc(NC)ccc12. The molecule has 0 saturated heterocycles. The predicted octanol–water partition coefficient (Wildman–Crippen LogP) is 3.01. The van der Waals surface area contributed by atoms with Crippen molar-refractivity contribution >= 4 is 28.2 Å². The van der Waals surface area contributed by atoms with E-state index < -0.39 is 0 Å². The summed E-state index contributed by atoms with van der Waals surface area (Å²) in [6, 6.07) is 6.10. The average Bonchev–Trinajstić information content (AvgIpc) is 3.06. The number of anilines is 2. The highest BCUT2D eigenvalue weighted by Gasteiger charge is 2.14. The second-order valence-electron chi connectivity index (χ2n) is 5.01. The van der Waals surface area contributed by atoms with E-state index in [0.717, 1.165) is 28.1 Å². The van der Waals surface area contributed by atoms with E-state index in [2.05, 4.69) is 39.7 Å². The molecule has 0 amide bonds. The van der Waals surface area contributed by atoms with Crippen molar-refractivity contribution in [3.05, 3.63) is 61.6 Å². The van der Waals surface area contributed by atoms with Crippen molar-refractivity contribution in [1.82, 2.24) is 19.6 Å². The minimum atomic E-state index is 0.551. The summed E-state index contributed by atoms with van der Waals surface area (Å²) in [6.07, 6.45) is 7.05. The standard InChI is InChI=1S/C17H18N6/c1-5-7-13(6-2)22(4)16-14-9-8-12(18-3)10-15(14)23-11-19-21-17(23)20-16/h5-11,18H,1-2H2,3-4H3/b13-7+. The van der Waals surface area contributed by atoms with Crippen molar-refractivity contribution in [2.45, 2.75) is 0 Å². The molecule has 0 saturated carbocycles. The van der Waals surface area contributed by atoms with Gasteiger partial charge in [0.25, 0.3) is 5.78 Å². The Hall–Kier alpha value is -3.15. The van der Waals surface area contributed by atoms with Gasteiger partial charge < -0.3 is 10.2 Å². The lowest BCUT2D eigenvalue weighted by molar-refractivity contribution is 1.06. The molecule has 0 fully saturated rings. The van der Waals surface area contributed by atoms with Crippen LogP contribution in [0.3, 0.4) is 0 Å². The van der Waals surface area contributed by atoms with E-state index in [9.17, 15) is 0 Å². The predicted molar refractivity (Wildman–Crippen MR) is 94.7 cm³/mol. The van der Waals surface area contributed by atoms with Gasteiger partial charge in [-0.3, -0.25) is 4.40 Å². The molecule has 1 N–H and O–H groups in total. The van der Waals surface area contributed by atoms with Crippen LogP contribution in [0.4, 0.5) is 11.5 Å². The molecule has 3 aromatic rings. The number of hydrogen-bond acceptors (Lipinski definition) is 5. The van der Waals surface area contributed by atoms with Gasteiger partial charge in [0, 0.05) is 30.9 Å². The monoisotopic (exact) mass is 306 g/mol. The molecule has 3 rings (SSSR count). The third kappa shape index (κ3) is 2.44. The van der Waals surface area contributed by atoms with Crippen LogP contribution in [0.15, 0.2) is 61.6 Å². The number of aromatic nitrogens is 4. The molecule has 6 heteroatoms. The van der Waals surface area contributed by atoms with Gasteiger partial charge in [0.15, 0.2) is 0 Å². The maximum absolute atomic E-state index is 4.64. The number of fused-ring (bicyclic) bond motifs is 3. The Morgan fingerprint density at radius 3 is 2.87 bits per heavy atom. The zero-order valence-corrected chi connectivity index (χ0v) is 13.2. The van der Waals surface area contributed by atoms with E-state index in [0.29, 0.717) is 5.78 Å². The molecule has 2 heterocycles. The number of rotatable bonds is 5. The summed E-state index contributed by atoms with van der Waals surface area (Å²) in [4.78, 5) is 6.60. The van der Waals surface area contributed by atoms with Crippen LogP contribution in [-0.4, -0.2) is 33.7 Å². The van der Waals surface area contributed by atoms with Crippen LogP contribution in [0.2, 0.25) is 0 Å². The topological polar surface area (TPSA) is 58.4 Å². The van der Waals surface area contributed by atoms with Crippen LogP contribution in [-0.2, 0) is 0 Å². The first-order chi connectivity index (χ1) is 11.2. The lowest BCUT2D eigenvalue weighted by Crippen LogP contribution is -2.17. The molecule has 0 aliphatic carbocycles. The molecule has 0 unspecified atom stereocenters. The summed E-state index contributed by atoms with van der Waals surface area (Å²) >= 11 is 0. The van der Waals surface area contributed by atoms with Crippen LogP contribution in [0, 0.1) is 0 Å². The highest BCUT2D eigenvalue weighted by Crippen LogP contribution is 2.29. The van der Waals surface area contributed by atoms with Gasteiger partial charge in [0.1, 0.15) is 12.1 Å². The van der Waals surface area contributed by atoms with Crippen LogP contribution in [0.5, 0.6) is 0 Å². The normalized spacial score (nSPS) is 11.7. The average molecular weight is 306 g/mol. The molecule has 0 aliphatic rings. The molecule has 23 heavy (non-hydrogen) atoms. The van der Waals surface area contributed by atoms with E-state index in [1.54, 1.807) is 18.5 Å². The molecule has 1 aromatic carbocycles. The maximum Gasteiger partial charge on any atom is 0.257 e. The fourth-order valence-corrected chi connectivity index (χ4v) is 2.52. The Kier molecular flexibility index (Phi) is 3.80. The Balaban J connectivity index is 2.32. The number of nitrogens with one attached hydrogen (secondary N) is 1. The van der Waals surface area contributed by atoms with Gasteiger partial charge >= 0.3 is 0 Å². The van der Waals surface area contributed by atoms with Crippen LogP contribution >= 0.6 is 0 Å². The van der Waals surface area contributed by atoms with Crippen molar-refractivity contribution in [2.24, 2.45) is 0 Å². The Morgan fingerprint density at radius 2 is 2.17 bits per heavy atom. The molecule has 116 valence electrons. The highest BCUT2D eigenvalue weighted by molar-refractivity contribution is 5.94. The van der Waals surface area contributed by atoms with E-state index in [4.69, 9.17) is 0 Å². The van der Waals surface area contributed by atoms with Gasteiger partial charge in [-0.05, 0) is 30.4 Å². The number of nitrogens with zero attached hydrogens (tertiary/aromatic N) is 5. The second kappa shape index (κ2) is 5.92. The summed E-state index contributed by atoms with van der Waals surface area (Å²) in [5.74, 6) is 1.34. The van der Waals surface area contributed by atoms with Gasteiger partial charge in [-0.15, -0.1) is 10.2 Å². The first kappa shape index (κ1) is 14.8. The Bertz CT molecular complexity index is 921.